The molecule has 33 atom stereocenters. The summed E-state index contributed by atoms with van der Waals surface area (Å²) in [5.74, 6) is -1.63. The van der Waals surface area contributed by atoms with Crippen molar-refractivity contribution in [1.29, 1.82) is 0 Å². The van der Waals surface area contributed by atoms with Gasteiger partial charge in [0.15, 0.2) is 25.2 Å². The van der Waals surface area contributed by atoms with E-state index >= 15 is 4.79 Å². The molecule has 28 heteroatoms. The monoisotopic (exact) mass is 1280 g/mol. The molecule has 510 valence electrons. The first kappa shape index (κ1) is 69.5. The Balaban J connectivity index is 0.838. The summed E-state index contributed by atoms with van der Waals surface area (Å²) in [5, 5.41) is 162. The summed E-state index contributed by atoms with van der Waals surface area (Å²) in [6, 6.07) is 0. The van der Waals surface area contributed by atoms with Crippen molar-refractivity contribution >= 4 is 11.9 Å². The van der Waals surface area contributed by atoms with E-state index in [0.717, 1.165) is 31.8 Å². The van der Waals surface area contributed by atoms with E-state index in [1.165, 1.54) is 6.92 Å². The van der Waals surface area contributed by atoms with Gasteiger partial charge in [0.05, 0.1) is 37.4 Å². The number of esters is 2. The Bertz CT molecular complexity index is 2510. The van der Waals surface area contributed by atoms with Crippen molar-refractivity contribution in [3.05, 3.63) is 11.6 Å². The molecule has 9 fully saturated rings. The van der Waals surface area contributed by atoms with Crippen molar-refractivity contribution in [2.75, 3.05) is 33.0 Å². The summed E-state index contributed by atoms with van der Waals surface area (Å²) in [6.45, 7) is 13.5. The van der Waals surface area contributed by atoms with Crippen LogP contribution in [-0.2, 0) is 61.7 Å². The van der Waals surface area contributed by atoms with Crippen LogP contribution in [0.15, 0.2) is 11.6 Å². The van der Waals surface area contributed by atoms with Crippen LogP contribution in [0.4, 0.5) is 0 Å². The molecule has 5 saturated heterocycles. The highest BCUT2D eigenvalue weighted by atomic mass is 16.8. The number of carbonyl (C=O) groups excluding carboxylic acids is 2. The van der Waals surface area contributed by atoms with Crippen LogP contribution < -0.4 is 0 Å². The van der Waals surface area contributed by atoms with Crippen LogP contribution in [0.2, 0.25) is 0 Å². The standard InChI is InChI=1S/C61H98O28/c1-25-36(66)40(70)44(74)51(82-25)87-48-32(23-79-26(2)64)85-50(47(77)43(48)73)81-22-31-39(69)42(72)46(76)53(84-31)89-55(78)61-17-15-57(5,24-63)19-28(61)27-9-10-34-58(6)13-12-35(56(3,4)33(58)11-14-60(34,8)59(27,7)16-18-61)86-54-49(37(67)29(65)21-80-54)88-52-45(75)41(71)38(68)30(20-62)83-52/h9,25,28-54,62-63,65-77H,10-24H2,1-8H3. The molecule has 5 aliphatic heterocycles. The van der Waals surface area contributed by atoms with Gasteiger partial charge in [0, 0.05) is 13.5 Å². The van der Waals surface area contributed by atoms with Gasteiger partial charge >= 0.3 is 11.9 Å². The smallest absolute Gasteiger partial charge is 0.315 e. The number of ether oxygens (including phenoxy) is 11. The minimum atomic E-state index is -1.95. The van der Waals surface area contributed by atoms with Crippen LogP contribution >= 0.6 is 0 Å². The topological polar surface area (TPSA) is 439 Å². The fraction of sp³-hybridized carbons (Fsp3) is 0.934. The quantitative estimate of drug-likeness (QED) is 0.0441. The Kier molecular flexibility index (Phi) is 20.3. The van der Waals surface area contributed by atoms with Crippen molar-refractivity contribution in [2.24, 2.45) is 50.2 Å². The summed E-state index contributed by atoms with van der Waals surface area (Å²) in [6.07, 6.45) is -31.5. The van der Waals surface area contributed by atoms with Gasteiger partial charge in [-0.15, -0.1) is 0 Å². The van der Waals surface area contributed by atoms with Crippen LogP contribution in [0.1, 0.15) is 120 Å². The fourth-order valence-electron chi connectivity index (χ4n) is 17.8. The molecule has 28 nitrogen and oxygen atoms in total. The van der Waals surface area contributed by atoms with Crippen molar-refractivity contribution < 1.29 is 138 Å². The van der Waals surface area contributed by atoms with Crippen LogP contribution in [0, 0.1) is 50.2 Å². The predicted molar refractivity (Wildman–Crippen MR) is 299 cm³/mol. The molecule has 5 aliphatic carbocycles. The Hall–Kier alpha value is -2.28. The number of rotatable bonds is 15. The largest absolute Gasteiger partial charge is 0.463 e. The van der Waals surface area contributed by atoms with Gasteiger partial charge in [-0.05, 0) is 116 Å². The summed E-state index contributed by atoms with van der Waals surface area (Å²) >= 11 is 0. The second kappa shape index (κ2) is 26.0. The number of hydrogen-bond acceptors (Lipinski definition) is 28. The Labute approximate surface area is 516 Å². The molecule has 33 unspecified atom stereocenters. The first-order valence-corrected chi connectivity index (χ1v) is 31.7. The Morgan fingerprint density at radius 2 is 1.17 bits per heavy atom. The normalized spacial score (nSPS) is 53.2. The van der Waals surface area contributed by atoms with Gasteiger partial charge in [0.2, 0.25) is 6.29 Å². The third kappa shape index (κ3) is 12.1. The SMILES string of the molecule is CC(=O)OCC1OC(OCC2OC(OC(=O)C34CCC(C)(CO)CC3C3=CCC5C6(C)CCC(OC7OCC(O)C(O)C7OC7OC(CO)C(O)C(O)C7O)C(C)(C)C6CCC5(C)C3(C)CC4)C(O)C(O)C2O)C(O)C(O)C1OC1OC(C)C(O)C(O)C1O. The van der Waals surface area contributed by atoms with Gasteiger partial charge in [-0.3, -0.25) is 9.59 Å². The molecule has 4 saturated carbocycles. The van der Waals surface area contributed by atoms with Gasteiger partial charge in [0.25, 0.3) is 0 Å². The second-order valence-corrected chi connectivity index (χ2v) is 29.1. The van der Waals surface area contributed by atoms with Gasteiger partial charge in [-0.25, -0.2) is 0 Å². The van der Waals surface area contributed by atoms with E-state index in [0.29, 0.717) is 44.9 Å². The molecule has 0 aromatic rings. The van der Waals surface area contributed by atoms with Gasteiger partial charge in [-0.1, -0.05) is 53.2 Å². The Morgan fingerprint density at radius 1 is 0.573 bits per heavy atom. The van der Waals surface area contributed by atoms with E-state index in [2.05, 4.69) is 40.7 Å². The van der Waals surface area contributed by atoms with Crippen molar-refractivity contribution in [1.82, 2.24) is 0 Å². The summed E-state index contributed by atoms with van der Waals surface area (Å²) in [7, 11) is 0. The van der Waals surface area contributed by atoms with E-state index in [-0.39, 0.29) is 35.9 Å². The minimum absolute atomic E-state index is 0.0997. The third-order valence-electron chi connectivity index (χ3n) is 23.6. The number of fused-ring (bicyclic) bond motifs is 7. The maximum Gasteiger partial charge on any atom is 0.315 e. The summed E-state index contributed by atoms with van der Waals surface area (Å²) < 4.78 is 64.9. The zero-order valence-electron chi connectivity index (χ0n) is 51.9. The minimum Gasteiger partial charge on any atom is -0.463 e. The molecule has 10 rings (SSSR count). The average Bonchev–Trinajstić information content (AvgIpc) is 0.682. The Morgan fingerprint density at radius 3 is 1.83 bits per heavy atom. The van der Waals surface area contributed by atoms with Crippen molar-refractivity contribution in [2.45, 2.75) is 273 Å². The third-order valence-corrected chi connectivity index (χ3v) is 23.6. The van der Waals surface area contributed by atoms with Crippen LogP contribution in [0.25, 0.3) is 0 Å². The molecule has 0 radical (unpaired) electrons. The van der Waals surface area contributed by atoms with Gasteiger partial charge in [0.1, 0.15) is 116 Å². The lowest BCUT2D eigenvalue weighted by molar-refractivity contribution is -0.367. The molecule has 15 N–H and O–H groups in total. The van der Waals surface area contributed by atoms with E-state index in [1.54, 1.807) is 0 Å². The highest BCUT2D eigenvalue weighted by Crippen LogP contribution is 2.76. The van der Waals surface area contributed by atoms with E-state index in [9.17, 15) is 81.4 Å². The first-order chi connectivity index (χ1) is 41.7. The molecule has 5 heterocycles. The van der Waals surface area contributed by atoms with Gasteiger partial charge in [-0.2, -0.15) is 0 Å². The molecule has 0 spiro atoms. The highest BCUT2D eigenvalue weighted by molar-refractivity contribution is 5.79. The predicted octanol–water partition coefficient (Wildman–Crippen LogP) is -3.00. The zero-order chi connectivity index (χ0) is 65.0. The number of aliphatic hydroxyl groups is 15. The highest BCUT2D eigenvalue weighted by Gasteiger charge is 2.70. The zero-order valence-corrected chi connectivity index (χ0v) is 51.9. The van der Waals surface area contributed by atoms with Gasteiger partial charge < -0.3 is 129 Å². The molecule has 10 aliphatic rings. The summed E-state index contributed by atoms with van der Waals surface area (Å²) in [4.78, 5) is 27.2. The molecule has 0 bridgehead atoms. The number of hydrogen-bond donors (Lipinski definition) is 15. The lowest BCUT2D eigenvalue weighted by Crippen LogP contribution is -2.66. The maximum atomic E-state index is 15.3. The second-order valence-electron chi connectivity index (χ2n) is 29.1. The van der Waals surface area contributed by atoms with Crippen LogP contribution in [0.3, 0.4) is 0 Å². The maximum absolute atomic E-state index is 15.3. The van der Waals surface area contributed by atoms with E-state index in [4.69, 9.17) is 52.1 Å². The molecule has 89 heavy (non-hydrogen) atoms. The molecule has 0 aromatic heterocycles. The van der Waals surface area contributed by atoms with Crippen LogP contribution in [0.5, 0.6) is 0 Å². The van der Waals surface area contributed by atoms with Crippen molar-refractivity contribution in [3.8, 4) is 0 Å². The lowest BCUT2D eigenvalue weighted by Gasteiger charge is -2.71. The molecular weight excluding hydrogens is 1180 g/mol. The number of aliphatic hydroxyl groups excluding tert-OH is 15. The van der Waals surface area contributed by atoms with E-state index in [1.807, 2.05) is 6.92 Å². The number of carbonyl (C=O) groups is 2. The molecule has 0 amide bonds. The molecule has 0 aromatic carbocycles. The molecular formula is C61H98O28. The van der Waals surface area contributed by atoms with Crippen LogP contribution in [-0.4, -0.2) is 275 Å². The summed E-state index contributed by atoms with van der Waals surface area (Å²) in [5.41, 5.74) is -2.15. The van der Waals surface area contributed by atoms with E-state index < -0.39 is 213 Å². The van der Waals surface area contributed by atoms with Crippen molar-refractivity contribution in [3.63, 3.8) is 0 Å². The fourth-order valence-corrected chi connectivity index (χ4v) is 17.8. The lowest BCUT2D eigenvalue weighted by atomic mass is 9.33. The first-order valence-electron chi connectivity index (χ1n) is 31.7. The number of allylic oxidation sites excluding steroid dienone is 2. The average molecular weight is 1280 g/mol.